The first kappa shape index (κ1) is 21.8. The Balaban J connectivity index is 1.64. The molecule has 160 valence electrons. The van der Waals surface area contributed by atoms with Gasteiger partial charge in [0, 0.05) is 37.4 Å². The summed E-state index contributed by atoms with van der Waals surface area (Å²) in [6.07, 6.45) is 0. The lowest BCUT2D eigenvalue weighted by Crippen LogP contribution is -2.56. The Bertz CT molecular complexity index is 903. The second-order valence-corrected chi connectivity index (χ2v) is 8.23. The van der Waals surface area contributed by atoms with Crippen LogP contribution in [0.25, 0.3) is 0 Å². The average molecular weight is 412 g/mol. The Labute approximate surface area is 177 Å². The molecule has 1 aliphatic heterocycles. The predicted molar refractivity (Wildman–Crippen MR) is 117 cm³/mol. The monoisotopic (exact) mass is 411 g/mol. The zero-order valence-corrected chi connectivity index (χ0v) is 18.1. The number of benzene rings is 2. The SMILES string of the molecule is Cc1cccc(N2CCN(C(=O)C(NC(=O)c3ccc(F)cc3)C(C)C)CC2)c1C. The molecule has 0 saturated carbocycles. The van der Waals surface area contributed by atoms with Gasteiger partial charge in [-0.05, 0) is 61.2 Å². The number of hydrogen-bond acceptors (Lipinski definition) is 3. The highest BCUT2D eigenvalue weighted by Gasteiger charge is 2.31. The minimum atomic E-state index is -0.616. The summed E-state index contributed by atoms with van der Waals surface area (Å²) >= 11 is 0. The van der Waals surface area contributed by atoms with Crippen LogP contribution in [-0.4, -0.2) is 48.9 Å². The number of nitrogens with zero attached hydrogens (tertiary/aromatic N) is 2. The normalized spacial score (nSPS) is 15.3. The van der Waals surface area contributed by atoms with E-state index < -0.39 is 11.9 Å². The molecule has 30 heavy (non-hydrogen) atoms. The molecule has 1 unspecified atom stereocenters. The van der Waals surface area contributed by atoms with Crippen LogP contribution in [0, 0.1) is 25.6 Å². The number of anilines is 1. The number of halogens is 1. The molecule has 2 aromatic carbocycles. The van der Waals surface area contributed by atoms with Crippen molar-refractivity contribution in [3.05, 3.63) is 65.0 Å². The van der Waals surface area contributed by atoms with Crippen molar-refractivity contribution < 1.29 is 14.0 Å². The number of piperazine rings is 1. The molecule has 0 spiro atoms. The quantitative estimate of drug-likeness (QED) is 0.819. The number of aryl methyl sites for hydroxylation is 1. The summed E-state index contributed by atoms with van der Waals surface area (Å²) in [6, 6.07) is 11.0. The van der Waals surface area contributed by atoms with E-state index in [9.17, 15) is 14.0 Å². The molecule has 1 atom stereocenters. The van der Waals surface area contributed by atoms with Crippen LogP contribution < -0.4 is 10.2 Å². The number of rotatable bonds is 5. The number of nitrogens with one attached hydrogen (secondary N) is 1. The summed E-state index contributed by atoms with van der Waals surface area (Å²) in [4.78, 5) is 29.9. The van der Waals surface area contributed by atoms with Crippen molar-refractivity contribution in [1.29, 1.82) is 0 Å². The summed E-state index contributed by atoms with van der Waals surface area (Å²) in [7, 11) is 0. The molecule has 1 N–H and O–H groups in total. The maximum atomic E-state index is 13.2. The van der Waals surface area contributed by atoms with E-state index >= 15 is 0 Å². The number of carbonyl (C=O) groups excluding carboxylic acids is 2. The fourth-order valence-corrected chi connectivity index (χ4v) is 3.78. The van der Waals surface area contributed by atoms with Crippen molar-refractivity contribution in [3.63, 3.8) is 0 Å². The van der Waals surface area contributed by atoms with Gasteiger partial charge >= 0.3 is 0 Å². The van der Waals surface area contributed by atoms with E-state index in [1.807, 2.05) is 18.7 Å². The van der Waals surface area contributed by atoms with Gasteiger partial charge in [0.1, 0.15) is 11.9 Å². The summed E-state index contributed by atoms with van der Waals surface area (Å²) in [5.41, 5.74) is 4.08. The first-order valence-electron chi connectivity index (χ1n) is 10.4. The smallest absolute Gasteiger partial charge is 0.251 e. The van der Waals surface area contributed by atoms with Gasteiger partial charge in [0.05, 0.1) is 0 Å². The molecule has 0 aliphatic carbocycles. The number of amides is 2. The maximum absolute atomic E-state index is 13.2. The zero-order valence-electron chi connectivity index (χ0n) is 18.1. The minimum absolute atomic E-state index is 0.0565. The molecule has 6 heteroatoms. The highest BCUT2D eigenvalue weighted by molar-refractivity contribution is 5.97. The zero-order chi connectivity index (χ0) is 21.8. The molecule has 2 amide bonds. The van der Waals surface area contributed by atoms with Gasteiger partial charge in [-0.25, -0.2) is 4.39 Å². The molecular weight excluding hydrogens is 381 g/mol. The van der Waals surface area contributed by atoms with Crippen LogP contribution >= 0.6 is 0 Å². The Morgan fingerprint density at radius 3 is 2.20 bits per heavy atom. The molecular formula is C24H30FN3O2. The Morgan fingerprint density at radius 2 is 1.60 bits per heavy atom. The van der Waals surface area contributed by atoms with Gasteiger partial charge in [0.25, 0.3) is 5.91 Å². The van der Waals surface area contributed by atoms with Crippen molar-refractivity contribution in [3.8, 4) is 0 Å². The van der Waals surface area contributed by atoms with Crippen LogP contribution in [0.1, 0.15) is 35.3 Å². The Hall–Kier alpha value is -2.89. The molecule has 2 aromatic rings. The van der Waals surface area contributed by atoms with Crippen LogP contribution in [0.4, 0.5) is 10.1 Å². The van der Waals surface area contributed by atoms with E-state index in [-0.39, 0.29) is 17.7 Å². The number of carbonyl (C=O) groups is 2. The predicted octanol–water partition coefficient (Wildman–Crippen LogP) is 3.55. The van der Waals surface area contributed by atoms with Crippen molar-refractivity contribution in [2.24, 2.45) is 5.92 Å². The lowest BCUT2D eigenvalue weighted by atomic mass is 10.0. The van der Waals surface area contributed by atoms with Crippen molar-refractivity contribution in [2.75, 3.05) is 31.1 Å². The van der Waals surface area contributed by atoms with E-state index in [1.165, 1.54) is 41.1 Å². The average Bonchev–Trinajstić information content (AvgIpc) is 2.74. The lowest BCUT2D eigenvalue weighted by Gasteiger charge is -2.39. The molecule has 5 nitrogen and oxygen atoms in total. The third kappa shape index (κ3) is 4.81. The van der Waals surface area contributed by atoms with E-state index in [1.54, 1.807) is 0 Å². The second kappa shape index (κ2) is 9.28. The van der Waals surface area contributed by atoms with Crippen LogP contribution in [0.15, 0.2) is 42.5 Å². The second-order valence-electron chi connectivity index (χ2n) is 8.23. The Kier molecular flexibility index (Phi) is 6.75. The topological polar surface area (TPSA) is 52.6 Å². The van der Waals surface area contributed by atoms with Gasteiger partial charge in [-0.2, -0.15) is 0 Å². The minimum Gasteiger partial charge on any atom is -0.368 e. The van der Waals surface area contributed by atoms with Crippen molar-refractivity contribution in [1.82, 2.24) is 10.2 Å². The molecule has 3 rings (SSSR count). The largest absolute Gasteiger partial charge is 0.368 e. The van der Waals surface area contributed by atoms with E-state index in [4.69, 9.17) is 0 Å². The molecule has 0 bridgehead atoms. The van der Waals surface area contributed by atoms with Crippen LogP contribution in [-0.2, 0) is 4.79 Å². The first-order valence-corrected chi connectivity index (χ1v) is 10.4. The lowest BCUT2D eigenvalue weighted by molar-refractivity contribution is -0.134. The van der Waals surface area contributed by atoms with E-state index in [0.717, 1.165) is 13.1 Å². The number of hydrogen-bond donors (Lipinski definition) is 1. The third-order valence-corrected chi connectivity index (χ3v) is 5.83. The fourth-order valence-electron chi connectivity index (χ4n) is 3.78. The van der Waals surface area contributed by atoms with Crippen LogP contribution in [0.5, 0.6) is 0 Å². The Morgan fingerprint density at radius 1 is 0.967 bits per heavy atom. The maximum Gasteiger partial charge on any atom is 0.251 e. The van der Waals surface area contributed by atoms with Crippen molar-refractivity contribution in [2.45, 2.75) is 33.7 Å². The molecule has 0 aromatic heterocycles. The summed E-state index contributed by atoms with van der Waals surface area (Å²) in [5, 5.41) is 2.84. The summed E-state index contributed by atoms with van der Waals surface area (Å²) < 4.78 is 13.1. The van der Waals surface area contributed by atoms with Crippen LogP contribution in [0.3, 0.4) is 0 Å². The summed E-state index contributed by atoms with van der Waals surface area (Å²) in [6.45, 7) is 10.8. The standard InChI is InChI=1S/C24H30FN3O2/c1-16(2)22(26-23(29)19-8-10-20(25)11-9-19)24(30)28-14-12-27(13-15-28)21-7-5-6-17(3)18(21)4/h5-11,16,22H,12-15H2,1-4H3,(H,26,29). The van der Waals surface area contributed by atoms with Gasteiger partial charge in [-0.3, -0.25) is 9.59 Å². The molecule has 1 aliphatic rings. The third-order valence-electron chi connectivity index (χ3n) is 5.83. The van der Waals surface area contributed by atoms with E-state index in [2.05, 4.69) is 42.3 Å². The van der Waals surface area contributed by atoms with Gasteiger partial charge in [-0.15, -0.1) is 0 Å². The van der Waals surface area contributed by atoms with Gasteiger partial charge in [0.15, 0.2) is 0 Å². The highest BCUT2D eigenvalue weighted by atomic mass is 19.1. The summed E-state index contributed by atoms with van der Waals surface area (Å²) in [5.74, 6) is -0.888. The van der Waals surface area contributed by atoms with Crippen LogP contribution in [0.2, 0.25) is 0 Å². The molecule has 1 saturated heterocycles. The van der Waals surface area contributed by atoms with Gasteiger partial charge in [-0.1, -0.05) is 26.0 Å². The molecule has 1 heterocycles. The van der Waals surface area contributed by atoms with Crippen molar-refractivity contribution >= 4 is 17.5 Å². The molecule has 0 radical (unpaired) electrons. The molecule has 1 fully saturated rings. The first-order chi connectivity index (χ1) is 14.3. The highest BCUT2D eigenvalue weighted by Crippen LogP contribution is 2.24. The van der Waals surface area contributed by atoms with Gasteiger partial charge in [0.2, 0.25) is 5.91 Å². The van der Waals surface area contributed by atoms with E-state index in [0.29, 0.717) is 18.7 Å². The van der Waals surface area contributed by atoms with Gasteiger partial charge < -0.3 is 15.1 Å². The fraction of sp³-hybridized carbons (Fsp3) is 0.417.